The van der Waals surface area contributed by atoms with Crippen LogP contribution in [0.4, 0.5) is 0 Å². The van der Waals surface area contributed by atoms with Crippen LogP contribution in [0.1, 0.15) is 29.8 Å². The molecule has 2 heterocycles. The van der Waals surface area contributed by atoms with Gasteiger partial charge in [-0.2, -0.15) is 0 Å². The summed E-state index contributed by atoms with van der Waals surface area (Å²) in [6, 6.07) is 14.0. The van der Waals surface area contributed by atoms with E-state index < -0.39 is 0 Å². The van der Waals surface area contributed by atoms with Crippen LogP contribution in [-0.4, -0.2) is 65.3 Å². The van der Waals surface area contributed by atoms with Gasteiger partial charge in [0.05, 0.1) is 18.2 Å². The Balaban J connectivity index is 1.79. The molecule has 0 spiro atoms. The van der Waals surface area contributed by atoms with Gasteiger partial charge in [0.1, 0.15) is 0 Å². The standard InChI is InChI=1S/C22H29N3O2S/c1-3-28-21-15-20(9-10-23-21)22(26)25(17-19-7-5-4-6-8-19)18(2)16-24-11-13-27-14-12-24/h4-10,15,18H,3,11-14,16-17H2,1-2H3. The van der Waals surface area contributed by atoms with Crippen molar-refractivity contribution in [1.82, 2.24) is 14.8 Å². The molecule has 1 aromatic heterocycles. The maximum absolute atomic E-state index is 13.4. The van der Waals surface area contributed by atoms with E-state index in [0.717, 1.165) is 49.2 Å². The molecule has 0 saturated carbocycles. The molecule has 0 radical (unpaired) electrons. The number of hydrogen-bond acceptors (Lipinski definition) is 5. The number of amides is 1. The molecule has 0 bridgehead atoms. The van der Waals surface area contributed by atoms with Crippen molar-refractivity contribution in [3.63, 3.8) is 0 Å². The van der Waals surface area contributed by atoms with Gasteiger partial charge in [-0.25, -0.2) is 4.98 Å². The summed E-state index contributed by atoms with van der Waals surface area (Å²) in [7, 11) is 0. The van der Waals surface area contributed by atoms with Crippen LogP contribution in [0.3, 0.4) is 0 Å². The fraction of sp³-hybridized carbons (Fsp3) is 0.455. The van der Waals surface area contributed by atoms with Gasteiger partial charge in [0.25, 0.3) is 5.91 Å². The van der Waals surface area contributed by atoms with Crippen molar-refractivity contribution in [3.05, 3.63) is 59.8 Å². The SMILES string of the molecule is CCSc1cc(C(=O)N(Cc2ccccc2)C(C)CN2CCOCC2)ccn1. The first-order valence-corrected chi connectivity index (χ1v) is 10.9. The first-order valence-electron chi connectivity index (χ1n) is 9.91. The second kappa shape index (κ2) is 10.6. The Labute approximate surface area is 172 Å². The number of thioether (sulfide) groups is 1. The molecule has 1 aliphatic heterocycles. The molecule has 150 valence electrons. The van der Waals surface area contributed by atoms with Crippen LogP contribution >= 0.6 is 11.8 Å². The smallest absolute Gasteiger partial charge is 0.254 e. The number of nitrogens with zero attached hydrogens (tertiary/aromatic N) is 3. The van der Waals surface area contributed by atoms with Crippen LogP contribution in [0.25, 0.3) is 0 Å². The lowest BCUT2D eigenvalue weighted by Crippen LogP contribution is -2.48. The fourth-order valence-corrected chi connectivity index (χ4v) is 4.04. The summed E-state index contributed by atoms with van der Waals surface area (Å²) in [5.41, 5.74) is 1.84. The molecule has 1 atom stereocenters. The first kappa shape index (κ1) is 20.8. The summed E-state index contributed by atoms with van der Waals surface area (Å²) in [5, 5.41) is 0.897. The molecule has 6 heteroatoms. The van der Waals surface area contributed by atoms with Crippen LogP contribution in [-0.2, 0) is 11.3 Å². The van der Waals surface area contributed by atoms with Gasteiger partial charge in [-0.3, -0.25) is 9.69 Å². The summed E-state index contributed by atoms with van der Waals surface area (Å²) >= 11 is 1.66. The summed E-state index contributed by atoms with van der Waals surface area (Å²) in [5.74, 6) is 0.996. The van der Waals surface area contributed by atoms with Gasteiger partial charge in [0.2, 0.25) is 0 Å². The number of carbonyl (C=O) groups excluding carboxylic acids is 1. The lowest BCUT2D eigenvalue weighted by atomic mass is 10.1. The topological polar surface area (TPSA) is 45.7 Å². The van der Waals surface area contributed by atoms with E-state index in [2.05, 4.69) is 35.9 Å². The summed E-state index contributed by atoms with van der Waals surface area (Å²) in [6.45, 7) is 9.05. The highest BCUT2D eigenvalue weighted by Crippen LogP contribution is 2.19. The number of benzene rings is 1. The molecular formula is C22H29N3O2S. The predicted molar refractivity (Wildman–Crippen MR) is 114 cm³/mol. The molecule has 0 aliphatic carbocycles. The van der Waals surface area contributed by atoms with Gasteiger partial charge in [0.15, 0.2) is 0 Å². The highest BCUT2D eigenvalue weighted by Gasteiger charge is 2.25. The fourth-order valence-electron chi connectivity index (χ4n) is 3.40. The Morgan fingerprint density at radius 1 is 1.25 bits per heavy atom. The lowest BCUT2D eigenvalue weighted by molar-refractivity contribution is 0.0228. The van der Waals surface area contributed by atoms with Crippen molar-refractivity contribution in [2.24, 2.45) is 0 Å². The summed E-state index contributed by atoms with van der Waals surface area (Å²) in [4.78, 5) is 22.2. The van der Waals surface area contributed by atoms with E-state index in [4.69, 9.17) is 4.74 Å². The van der Waals surface area contributed by atoms with E-state index in [-0.39, 0.29) is 11.9 Å². The highest BCUT2D eigenvalue weighted by atomic mass is 32.2. The van der Waals surface area contributed by atoms with Crippen molar-refractivity contribution in [2.75, 3.05) is 38.6 Å². The molecule has 28 heavy (non-hydrogen) atoms. The normalized spacial score (nSPS) is 15.9. The van der Waals surface area contributed by atoms with Gasteiger partial charge in [-0.05, 0) is 30.4 Å². The molecule has 1 unspecified atom stereocenters. The number of aromatic nitrogens is 1. The van der Waals surface area contributed by atoms with Gasteiger partial charge < -0.3 is 9.64 Å². The van der Waals surface area contributed by atoms with Gasteiger partial charge in [0, 0.05) is 44.0 Å². The van der Waals surface area contributed by atoms with Gasteiger partial charge >= 0.3 is 0 Å². The molecule has 2 aromatic rings. The Hall–Kier alpha value is -1.89. The predicted octanol–water partition coefficient (Wildman–Crippen LogP) is 3.56. The number of carbonyl (C=O) groups is 1. The van der Waals surface area contributed by atoms with E-state index in [9.17, 15) is 4.79 Å². The molecule has 1 aliphatic rings. The molecule has 1 fully saturated rings. The van der Waals surface area contributed by atoms with E-state index in [0.29, 0.717) is 12.1 Å². The maximum Gasteiger partial charge on any atom is 0.254 e. The monoisotopic (exact) mass is 399 g/mol. The maximum atomic E-state index is 13.4. The Kier molecular flexibility index (Phi) is 7.89. The molecule has 0 N–H and O–H groups in total. The number of pyridine rings is 1. The Morgan fingerprint density at radius 3 is 2.71 bits per heavy atom. The molecular weight excluding hydrogens is 370 g/mol. The van der Waals surface area contributed by atoms with E-state index in [1.54, 1.807) is 18.0 Å². The third kappa shape index (κ3) is 5.80. The number of ether oxygens (including phenoxy) is 1. The van der Waals surface area contributed by atoms with Crippen molar-refractivity contribution >= 4 is 17.7 Å². The third-order valence-corrected chi connectivity index (χ3v) is 5.70. The van der Waals surface area contributed by atoms with Crippen molar-refractivity contribution < 1.29 is 9.53 Å². The Bertz CT molecular complexity index is 750. The van der Waals surface area contributed by atoms with Crippen LogP contribution < -0.4 is 0 Å². The van der Waals surface area contributed by atoms with E-state index >= 15 is 0 Å². The van der Waals surface area contributed by atoms with Crippen molar-refractivity contribution in [1.29, 1.82) is 0 Å². The zero-order chi connectivity index (χ0) is 19.8. The molecule has 3 rings (SSSR count). The van der Waals surface area contributed by atoms with Gasteiger partial charge in [-0.15, -0.1) is 11.8 Å². The van der Waals surface area contributed by atoms with E-state index in [1.807, 2.05) is 35.2 Å². The molecule has 1 saturated heterocycles. The average molecular weight is 400 g/mol. The highest BCUT2D eigenvalue weighted by molar-refractivity contribution is 7.99. The van der Waals surface area contributed by atoms with Crippen LogP contribution in [0.5, 0.6) is 0 Å². The summed E-state index contributed by atoms with van der Waals surface area (Å²) < 4.78 is 5.46. The molecule has 5 nitrogen and oxygen atoms in total. The molecule has 1 aromatic carbocycles. The second-order valence-corrected chi connectivity index (χ2v) is 8.28. The van der Waals surface area contributed by atoms with E-state index in [1.165, 1.54) is 0 Å². The van der Waals surface area contributed by atoms with Gasteiger partial charge in [-0.1, -0.05) is 37.3 Å². The number of rotatable bonds is 8. The van der Waals surface area contributed by atoms with Crippen LogP contribution in [0.2, 0.25) is 0 Å². The van der Waals surface area contributed by atoms with Crippen LogP contribution in [0.15, 0.2) is 53.7 Å². The zero-order valence-electron chi connectivity index (χ0n) is 16.7. The number of hydrogen-bond donors (Lipinski definition) is 0. The zero-order valence-corrected chi connectivity index (χ0v) is 17.5. The largest absolute Gasteiger partial charge is 0.379 e. The first-order chi connectivity index (χ1) is 13.7. The minimum Gasteiger partial charge on any atom is -0.379 e. The van der Waals surface area contributed by atoms with Crippen molar-refractivity contribution in [3.8, 4) is 0 Å². The third-order valence-electron chi connectivity index (χ3n) is 4.89. The minimum atomic E-state index is 0.0602. The summed E-state index contributed by atoms with van der Waals surface area (Å²) in [6.07, 6.45) is 1.73. The minimum absolute atomic E-state index is 0.0602. The lowest BCUT2D eigenvalue weighted by Gasteiger charge is -2.35. The molecule has 1 amide bonds. The van der Waals surface area contributed by atoms with Crippen molar-refractivity contribution in [2.45, 2.75) is 31.5 Å². The second-order valence-electron chi connectivity index (χ2n) is 7.00. The van der Waals surface area contributed by atoms with Crippen LogP contribution in [0, 0.1) is 0 Å². The Morgan fingerprint density at radius 2 is 2.00 bits per heavy atom. The quantitative estimate of drug-likeness (QED) is 0.635. The number of morpholine rings is 1. The average Bonchev–Trinajstić information content (AvgIpc) is 2.73.